The van der Waals surface area contributed by atoms with Gasteiger partial charge in [-0.2, -0.15) is 5.10 Å². The van der Waals surface area contributed by atoms with Gasteiger partial charge >= 0.3 is 0 Å². The first kappa shape index (κ1) is 15.9. The Hall–Kier alpha value is -2.28. The quantitative estimate of drug-likeness (QED) is 0.879. The first-order valence-corrected chi connectivity index (χ1v) is 9.60. The Balaban J connectivity index is 1.16. The second kappa shape index (κ2) is 6.46. The molecule has 7 nitrogen and oxygen atoms in total. The van der Waals surface area contributed by atoms with Gasteiger partial charge in [0.15, 0.2) is 5.82 Å². The maximum atomic E-state index is 4.48. The molecule has 0 amide bonds. The molecule has 0 aromatic carbocycles. The molecular formula is C19H25N7. The van der Waals surface area contributed by atoms with Crippen molar-refractivity contribution in [2.75, 3.05) is 43.4 Å². The summed E-state index contributed by atoms with van der Waals surface area (Å²) in [6, 6.07) is 4.27. The number of likely N-dealkylation sites (N-methyl/N-ethyl adjacent to an activating group) is 1. The molecule has 1 aliphatic carbocycles. The number of hydrogen-bond donors (Lipinski definition) is 1. The van der Waals surface area contributed by atoms with E-state index in [1.807, 2.05) is 0 Å². The zero-order valence-electron chi connectivity index (χ0n) is 15.2. The molecular weight excluding hydrogens is 326 g/mol. The molecule has 136 valence electrons. The highest BCUT2D eigenvalue weighted by atomic mass is 15.3. The van der Waals surface area contributed by atoms with Crippen LogP contribution in [0.4, 0.5) is 11.6 Å². The summed E-state index contributed by atoms with van der Waals surface area (Å²) in [5.74, 6) is 3.30. The molecule has 0 radical (unpaired) electrons. The molecule has 0 spiro atoms. The van der Waals surface area contributed by atoms with Crippen molar-refractivity contribution in [3.63, 3.8) is 0 Å². The van der Waals surface area contributed by atoms with Crippen LogP contribution >= 0.6 is 0 Å². The minimum Gasteiger partial charge on any atom is -0.369 e. The van der Waals surface area contributed by atoms with Crippen LogP contribution in [0.25, 0.3) is 0 Å². The number of anilines is 2. The van der Waals surface area contributed by atoms with Gasteiger partial charge in [0, 0.05) is 56.5 Å². The molecule has 3 aliphatic rings. The van der Waals surface area contributed by atoms with E-state index in [-0.39, 0.29) is 0 Å². The number of hydrogen-bond acceptors (Lipinski definition) is 7. The number of nitrogens with one attached hydrogen (secondary N) is 1. The Morgan fingerprint density at radius 2 is 2.04 bits per heavy atom. The minimum atomic E-state index is 0.617. The van der Waals surface area contributed by atoms with E-state index in [0.29, 0.717) is 11.8 Å². The van der Waals surface area contributed by atoms with E-state index < -0.39 is 0 Å². The van der Waals surface area contributed by atoms with Gasteiger partial charge < -0.3 is 15.1 Å². The molecule has 1 saturated heterocycles. The van der Waals surface area contributed by atoms with Crippen LogP contribution < -0.4 is 10.2 Å². The van der Waals surface area contributed by atoms with E-state index in [1.54, 1.807) is 6.33 Å². The van der Waals surface area contributed by atoms with Gasteiger partial charge in [0.1, 0.15) is 12.1 Å². The van der Waals surface area contributed by atoms with Crippen LogP contribution in [0.2, 0.25) is 0 Å². The Labute approximate surface area is 153 Å². The predicted molar refractivity (Wildman–Crippen MR) is 100 cm³/mol. The Morgan fingerprint density at radius 3 is 2.81 bits per heavy atom. The van der Waals surface area contributed by atoms with E-state index in [2.05, 4.69) is 54.5 Å². The summed E-state index contributed by atoms with van der Waals surface area (Å²) in [7, 11) is 2.15. The highest BCUT2D eigenvalue weighted by Gasteiger charge is 2.30. The van der Waals surface area contributed by atoms with Crippen molar-refractivity contribution < 1.29 is 0 Å². The van der Waals surface area contributed by atoms with Crippen LogP contribution in [-0.2, 0) is 13.0 Å². The summed E-state index contributed by atoms with van der Waals surface area (Å²) in [6.07, 6.45) is 5.24. The molecule has 2 aliphatic heterocycles. The van der Waals surface area contributed by atoms with Gasteiger partial charge in [0.25, 0.3) is 0 Å². The Morgan fingerprint density at radius 1 is 1.15 bits per heavy atom. The van der Waals surface area contributed by atoms with Crippen LogP contribution in [0.15, 0.2) is 18.5 Å². The average Bonchev–Trinajstić information content (AvgIpc) is 3.46. The summed E-state index contributed by atoms with van der Waals surface area (Å²) in [4.78, 5) is 13.6. The van der Waals surface area contributed by atoms with Crippen LogP contribution in [-0.4, -0.2) is 58.3 Å². The van der Waals surface area contributed by atoms with Crippen molar-refractivity contribution in [3.8, 4) is 0 Å². The molecule has 4 heterocycles. The molecule has 0 bridgehead atoms. The fourth-order valence-electron chi connectivity index (χ4n) is 3.86. The third-order valence-electron chi connectivity index (χ3n) is 5.70. The summed E-state index contributed by atoms with van der Waals surface area (Å²) in [5.41, 5.74) is 3.62. The van der Waals surface area contributed by atoms with Crippen molar-refractivity contribution in [2.45, 2.75) is 31.7 Å². The summed E-state index contributed by atoms with van der Waals surface area (Å²) < 4.78 is 0. The molecule has 26 heavy (non-hydrogen) atoms. The van der Waals surface area contributed by atoms with Crippen molar-refractivity contribution >= 4 is 11.6 Å². The number of nitrogens with zero attached hydrogens (tertiary/aromatic N) is 6. The largest absolute Gasteiger partial charge is 0.369 e. The van der Waals surface area contributed by atoms with Crippen LogP contribution in [0.5, 0.6) is 0 Å². The van der Waals surface area contributed by atoms with Gasteiger partial charge in [0.2, 0.25) is 0 Å². The van der Waals surface area contributed by atoms with E-state index in [0.717, 1.165) is 56.5 Å². The van der Waals surface area contributed by atoms with Gasteiger partial charge in [-0.25, -0.2) is 9.97 Å². The molecule has 1 saturated carbocycles. The van der Waals surface area contributed by atoms with Crippen molar-refractivity contribution in [2.24, 2.45) is 5.92 Å². The fraction of sp³-hybridized carbons (Fsp3) is 0.579. The first-order chi connectivity index (χ1) is 12.8. The molecule has 0 atom stereocenters. The van der Waals surface area contributed by atoms with E-state index in [9.17, 15) is 0 Å². The van der Waals surface area contributed by atoms with Crippen LogP contribution in [0.3, 0.4) is 0 Å². The van der Waals surface area contributed by atoms with Gasteiger partial charge in [0.05, 0.1) is 11.4 Å². The lowest BCUT2D eigenvalue weighted by Crippen LogP contribution is -2.50. The Kier molecular flexibility index (Phi) is 3.96. The minimum absolute atomic E-state index is 0.617. The summed E-state index contributed by atoms with van der Waals surface area (Å²) >= 11 is 0. The maximum absolute atomic E-state index is 4.48. The number of fused-ring (bicyclic) bond motifs is 1. The van der Waals surface area contributed by atoms with Gasteiger partial charge in [-0.15, -0.1) is 5.10 Å². The zero-order valence-corrected chi connectivity index (χ0v) is 15.2. The summed E-state index contributed by atoms with van der Waals surface area (Å²) in [5, 5.41) is 12.4. The van der Waals surface area contributed by atoms with Crippen molar-refractivity contribution in [1.82, 2.24) is 25.1 Å². The predicted octanol–water partition coefficient (Wildman–Crippen LogP) is 1.68. The molecule has 2 aromatic rings. The number of aromatic nitrogens is 4. The SMILES string of the molecule is CN1CCc2ncnc(NCC3CN(c4ccc(C5CC5)nn4)C3)c2C1. The standard InChI is InChI=1S/C19H25N7/c1-25-7-6-17-15(11-25)19(22-12-21-17)20-8-13-9-26(10-13)18-5-4-16(23-24-18)14-2-3-14/h4-5,12-14H,2-3,6-11H2,1H3,(H,20,21,22). The third kappa shape index (κ3) is 3.11. The molecule has 5 rings (SSSR count). The molecule has 0 unspecified atom stereocenters. The highest BCUT2D eigenvalue weighted by molar-refractivity contribution is 5.48. The highest BCUT2D eigenvalue weighted by Crippen LogP contribution is 2.39. The molecule has 7 heteroatoms. The lowest BCUT2D eigenvalue weighted by Gasteiger charge is -2.40. The normalized spacial score (nSPS) is 20.6. The van der Waals surface area contributed by atoms with Gasteiger partial charge in [-0.3, -0.25) is 0 Å². The van der Waals surface area contributed by atoms with E-state index >= 15 is 0 Å². The second-order valence-corrected chi connectivity index (χ2v) is 7.88. The maximum Gasteiger partial charge on any atom is 0.151 e. The molecule has 1 N–H and O–H groups in total. The topological polar surface area (TPSA) is 70.1 Å². The molecule has 2 fully saturated rings. The van der Waals surface area contributed by atoms with Crippen LogP contribution in [0, 0.1) is 5.92 Å². The van der Waals surface area contributed by atoms with E-state index in [4.69, 9.17) is 0 Å². The van der Waals surface area contributed by atoms with Gasteiger partial charge in [-0.1, -0.05) is 0 Å². The second-order valence-electron chi connectivity index (χ2n) is 7.88. The summed E-state index contributed by atoms with van der Waals surface area (Å²) in [6.45, 7) is 4.99. The third-order valence-corrected chi connectivity index (χ3v) is 5.70. The van der Waals surface area contributed by atoms with Crippen molar-refractivity contribution in [3.05, 3.63) is 35.4 Å². The van der Waals surface area contributed by atoms with Gasteiger partial charge in [-0.05, 0) is 32.0 Å². The van der Waals surface area contributed by atoms with Crippen LogP contribution in [0.1, 0.15) is 35.7 Å². The van der Waals surface area contributed by atoms with Crippen molar-refractivity contribution in [1.29, 1.82) is 0 Å². The Bertz CT molecular complexity index is 781. The first-order valence-electron chi connectivity index (χ1n) is 9.60. The molecule has 2 aromatic heterocycles. The lowest BCUT2D eigenvalue weighted by molar-refractivity contribution is 0.309. The van der Waals surface area contributed by atoms with E-state index in [1.165, 1.54) is 24.1 Å². The monoisotopic (exact) mass is 351 g/mol. The lowest BCUT2D eigenvalue weighted by atomic mass is 10.00. The number of rotatable bonds is 5. The zero-order chi connectivity index (χ0) is 17.5. The smallest absolute Gasteiger partial charge is 0.151 e. The fourth-order valence-corrected chi connectivity index (χ4v) is 3.86. The average molecular weight is 351 g/mol.